The van der Waals surface area contributed by atoms with E-state index in [2.05, 4.69) is 31.3 Å². The van der Waals surface area contributed by atoms with Crippen molar-refractivity contribution in [1.82, 2.24) is 24.5 Å². The van der Waals surface area contributed by atoms with Crippen molar-refractivity contribution in [3.8, 4) is 0 Å². The molecule has 1 aliphatic heterocycles. The first-order chi connectivity index (χ1) is 13.7. The molecule has 144 valence electrons. The highest BCUT2D eigenvalue weighted by Crippen LogP contribution is 2.27. The highest BCUT2D eigenvalue weighted by molar-refractivity contribution is 5.77. The minimum atomic E-state index is 0.383. The van der Waals surface area contributed by atoms with E-state index in [0.717, 1.165) is 49.4 Å². The lowest BCUT2D eigenvalue weighted by molar-refractivity contribution is 0.222. The van der Waals surface area contributed by atoms with E-state index >= 15 is 0 Å². The molecule has 1 aromatic carbocycles. The smallest absolute Gasteiger partial charge is 0.252 e. The molecule has 1 unspecified atom stereocenters. The largest absolute Gasteiger partial charge is 0.361 e. The summed E-state index contributed by atoms with van der Waals surface area (Å²) < 4.78 is 1.87. The Labute approximate surface area is 164 Å². The van der Waals surface area contributed by atoms with Gasteiger partial charge in [0.05, 0.1) is 5.69 Å². The Morgan fingerprint density at radius 1 is 1.32 bits per heavy atom. The number of piperidine rings is 1. The topological polar surface area (TPSA) is 82.2 Å². The average molecular weight is 375 g/mol. The summed E-state index contributed by atoms with van der Waals surface area (Å²) in [5.41, 5.74) is 4.13. The maximum atomic E-state index is 7.78. The Hall–Kier alpha value is -3.06. The summed E-state index contributed by atoms with van der Waals surface area (Å²) >= 11 is 0. The van der Waals surface area contributed by atoms with Gasteiger partial charge in [-0.2, -0.15) is 10.1 Å². The number of para-hydroxylation sites is 1. The number of fused-ring (bicyclic) bond motifs is 1. The predicted molar refractivity (Wildman–Crippen MR) is 111 cm³/mol. The third-order valence-corrected chi connectivity index (χ3v) is 5.12. The van der Waals surface area contributed by atoms with Gasteiger partial charge in [0.25, 0.3) is 5.78 Å². The van der Waals surface area contributed by atoms with Gasteiger partial charge in [0.2, 0.25) is 0 Å². The Kier molecular flexibility index (Phi) is 5.43. The zero-order valence-corrected chi connectivity index (χ0v) is 16.0. The van der Waals surface area contributed by atoms with Crippen LogP contribution in [0.15, 0.2) is 54.5 Å². The molecule has 0 radical (unpaired) electrons. The van der Waals surface area contributed by atoms with Gasteiger partial charge in [0.1, 0.15) is 6.33 Å². The summed E-state index contributed by atoms with van der Waals surface area (Å²) in [5.74, 6) is 1.05. The highest BCUT2D eigenvalue weighted by Gasteiger charge is 2.24. The van der Waals surface area contributed by atoms with E-state index in [1.807, 2.05) is 48.0 Å². The second-order valence-corrected chi connectivity index (χ2v) is 7.24. The molecular weight excluding hydrogens is 350 g/mol. The summed E-state index contributed by atoms with van der Waals surface area (Å²) in [7, 11) is 0. The van der Waals surface area contributed by atoms with Crippen molar-refractivity contribution in [2.45, 2.75) is 25.7 Å². The number of hydrogen-bond donors (Lipinski definition) is 2. The van der Waals surface area contributed by atoms with Crippen molar-refractivity contribution in [3.05, 3.63) is 65.9 Å². The van der Waals surface area contributed by atoms with Gasteiger partial charge in [0, 0.05) is 42.8 Å². The SMILES string of the molecule is Cc1cc(C2CCCN(C/C(C=N)=C/Nc3ccccc3)C2)n2ncnc2n1. The van der Waals surface area contributed by atoms with E-state index < -0.39 is 0 Å². The van der Waals surface area contributed by atoms with E-state index in [1.165, 1.54) is 11.9 Å². The minimum absolute atomic E-state index is 0.383. The normalized spacial score (nSPS) is 18.3. The zero-order valence-electron chi connectivity index (χ0n) is 16.0. The zero-order chi connectivity index (χ0) is 19.3. The van der Waals surface area contributed by atoms with Gasteiger partial charge in [-0.15, -0.1) is 0 Å². The van der Waals surface area contributed by atoms with E-state index in [4.69, 9.17) is 5.41 Å². The van der Waals surface area contributed by atoms with Crippen LogP contribution in [-0.4, -0.2) is 50.3 Å². The molecule has 1 atom stereocenters. The Balaban J connectivity index is 1.47. The summed E-state index contributed by atoms with van der Waals surface area (Å²) in [4.78, 5) is 11.1. The lowest BCUT2D eigenvalue weighted by atomic mass is 9.93. The number of anilines is 1. The first-order valence-corrected chi connectivity index (χ1v) is 9.63. The second kappa shape index (κ2) is 8.31. The van der Waals surface area contributed by atoms with Gasteiger partial charge in [-0.1, -0.05) is 18.2 Å². The van der Waals surface area contributed by atoms with Gasteiger partial charge < -0.3 is 10.7 Å². The van der Waals surface area contributed by atoms with Crippen LogP contribution in [0.2, 0.25) is 0 Å². The molecule has 1 aliphatic rings. The van der Waals surface area contributed by atoms with Crippen molar-refractivity contribution < 1.29 is 0 Å². The Morgan fingerprint density at radius 3 is 3.00 bits per heavy atom. The van der Waals surface area contributed by atoms with Gasteiger partial charge >= 0.3 is 0 Å². The van der Waals surface area contributed by atoms with Crippen molar-refractivity contribution in [2.24, 2.45) is 0 Å². The lowest BCUT2D eigenvalue weighted by Gasteiger charge is -2.33. The summed E-state index contributed by atoms with van der Waals surface area (Å²) in [5, 5.41) is 15.4. The molecule has 7 heteroatoms. The first-order valence-electron chi connectivity index (χ1n) is 9.63. The van der Waals surface area contributed by atoms with Crippen molar-refractivity contribution in [2.75, 3.05) is 25.0 Å². The van der Waals surface area contributed by atoms with Crippen LogP contribution in [-0.2, 0) is 0 Å². The van der Waals surface area contributed by atoms with Gasteiger partial charge in [-0.25, -0.2) is 9.50 Å². The second-order valence-electron chi connectivity index (χ2n) is 7.24. The van der Waals surface area contributed by atoms with Crippen LogP contribution < -0.4 is 5.32 Å². The van der Waals surface area contributed by atoms with Gasteiger partial charge in [-0.05, 0) is 50.1 Å². The quantitative estimate of drug-likeness (QED) is 0.646. The molecule has 0 aliphatic carbocycles. The Morgan fingerprint density at radius 2 is 2.18 bits per heavy atom. The molecule has 1 saturated heterocycles. The highest BCUT2D eigenvalue weighted by atomic mass is 15.3. The number of likely N-dealkylation sites (tertiary alicyclic amines) is 1. The first kappa shape index (κ1) is 18.3. The van der Waals surface area contributed by atoms with Gasteiger partial charge in [-0.3, -0.25) is 4.90 Å². The molecular formula is C21H25N7. The monoisotopic (exact) mass is 375 g/mol. The molecule has 0 spiro atoms. The number of rotatable bonds is 6. The predicted octanol–water partition coefficient (Wildman–Crippen LogP) is 3.26. The maximum absolute atomic E-state index is 7.78. The number of nitrogens with zero attached hydrogens (tertiary/aromatic N) is 5. The molecule has 0 amide bonds. The number of aromatic nitrogens is 4. The van der Waals surface area contributed by atoms with Gasteiger partial charge in [0.15, 0.2) is 0 Å². The number of hydrogen-bond acceptors (Lipinski definition) is 6. The van der Waals surface area contributed by atoms with Crippen LogP contribution in [0.3, 0.4) is 0 Å². The molecule has 3 aromatic rings. The van der Waals surface area contributed by atoms with Crippen LogP contribution in [0, 0.1) is 12.3 Å². The fourth-order valence-electron chi connectivity index (χ4n) is 3.79. The van der Waals surface area contributed by atoms with Crippen molar-refractivity contribution in [1.29, 1.82) is 5.41 Å². The number of aryl methyl sites for hydroxylation is 1. The van der Waals surface area contributed by atoms with Crippen molar-refractivity contribution in [3.63, 3.8) is 0 Å². The van der Waals surface area contributed by atoms with E-state index in [9.17, 15) is 0 Å². The van der Waals surface area contributed by atoms with Crippen LogP contribution in [0.5, 0.6) is 0 Å². The van der Waals surface area contributed by atoms with Crippen LogP contribution in [0.25, 0.3) is 5.78 Å². The molecule has 0 bridgehead atoms. The number of benzene rings is 1. The molecule has 3 heterocycles. The van der Waals surface area contributed by atoms with Crippen LogP contribution in [0.1, 0.15) is 30.1 Å². The van der Waals surface area contributed by atoms with E-state index in [1.54, 1.807) is 6.33 Å². The average Bonchev–Trinajstić information content (AvgIpc) is 3.20. The molecule has 1 fully saturated rings. The summed E-state index contributed by atoms with van der Waals surface area (Å²) in [6.45, 7) is 4.74. The van der Waals surface area contributed by atoms with Crippen LogP contribution >= 0.6 is 0 Å². The fourth-order valence-corrected chi connectivity index (χ4v) is 3.79. The minimum Gasteiger partial charge on any atom is -0.361 e. The molecule has 4 rings (SSSR count). The Bertz CT molecular complexity index is 977. The third-order valence-electron chi connectivity index (χ3n) is 5.12. The van der Waals surface area contributed by atoms with Crippen LogP contribution in [0.4, 0.5) is 5.69 Å². The molecule has 28 heavy (non-hydrogen) atoms. The molecule has 2 N–H and O–H groups in total. The summed E-state index contributed by atoms with van der Waals surface area (Å²) in [6.07, 6.45) is 7.18. The molecule has 7 nitrogen and oxygen atoms in total. The molecule has 0 saturated carbocycles. The maximum Gasteiger partial charge on any atom is 0.252 e. The fraction of sp³-hybridized carbons (Fsp3) is 0.333. The summed E-state index contributed by atoms with van der Waals surface area (Å²) in [6, 6.07) is 12.1. The molecule has 2 aromatic heterocycles. The van der Waals surface area contributed by atoms with E-state index in [-0.39, 0.29) is 0 Å². The third kappa shape index (κ3) is 4.09. The lowest BCUT2D eigenvalue weighted by Crippen LogP contribution is -2.36. The van der Waals surface area contributed by atoms with Crippen molar-refractivity contribution >= 4 is 17.7 Å². The number of nitrogens with one attached hydrogen (secondary N) is 2. The van der Waals surface area contributed by atoms with E-state index in [0.29, 0.717) is 11.7 Å². The standard InChI is InChI=1S/C21H25N7/c1-16-10-20(28-21(26-16)24-15-25-28)18-6-5-9-27(14-18)13-17(11-22)12-23-19-7-3-2-4-8-19/h2-4,7-8,10-12,15,18,22-23H,5-6,9,13-14H2,1H3/b17-12+,22-11?.